The maximum Gasteiger partial charge on any atom is 0.216 e. The van der Waals surface area contributed by atoms with Crippen molar-refractivity contribution in [1.29, 1.82) is 0 Å². The number of hydrogen-bond donors (Lipinski definition) is 1. The molecule has 0 aromatic carbocycles. The highest BCUT2D eigenvalue weighted by Crippen LogP contribution is 2.47. The molecule has 5 nitrogen and oxygen atoms in total. The van der Waals surface area contributed by atoms with E-state index in [0.717, 1.165) is 35.6 Å². The molecule has 0 radical (unpaired) electrons. The maximum absolute atomic E-state index is 5.88. The first-order valence-corrected chi connectivity index (χ1v) is 9.92. The molecule has 2 heterocycles. The van der Waals surface area contributed by atoms with E-state index >= 15 is 0 Å². The van der Waals surface area contributed by atoms with Crippen molar-refractivity contribution in [2.24, 2.45) is 16.9 Å². The molecule has 2 aromatic heterocycles. The van der Waals surface area contributed by atoms with Crippen molar-refractivity contribution in [3.63, 3.8) is 0 Å². The number of aromatic nitrogens is 3. The smallest absolute Gasteiger partial charge is 0.216 e. The van der Waals surface area contributed by atoms with Gasteiger partial charge in [0, 0.05) is 12.3 Å². The van der Waals surface area contributed by atoms with Gasteiger partial charge < -0.3 is 4.42 Å². The summed E-state index contributed by atoms with van der Waals surface area (Å²) < 4.78 is 8.16. The Labute approximate surface area is 153 Å². The molecule has 1 N–H and O–H groups in total. The van der Waals surface area contributed by atoms with Crippen molar-refractivity contribution in [2.75, 3.05) is 0 Å². The van der Waals surface area contributed by atoms with Crippen molar-refractivity contribution >= 4 is 18.4 Å². The van der Waals surface area contributed by atoms with E-state index in [1.807, 2.05) is 6.07 Å². The van der Waals surface area contributed by atoms with Crippen molar-refractivity contribution in [2.45, 2.75) is 64.2 Å². The molecule has 2 aromatic rings. The maximum atomic E-state index is 5.88. The predicted molar refractivity (Wildman–Crippen MR) is 101 cm³/mol. The minimum atomic E-state index is 0.539. The lowest BCUT2D eigenvalue weighted by atomic mass is 9.86. The van der Waals surface area contributed by atoms with Crippen molar-refractivity contribution in [3.05, 3.63) is 34.2 Å². The van der Waals surface area contributed by atoms with E-state index in [0.29, 0.717) is 10.7 Å². The molecule has 0 saturated heterocycles. The summed E-state index contributed by atoms with van der Waals surface area (Å²) in [5, 5.41) is 11.8. The molecule has 2 fully saturated rings. The van der Waals surface area contributed by atoms with Gasteiger partial charge in [-0.1, -0.05) is 39.0 Å². The van der Waals surface area contributed by atoms with Crippen LogP contribution >= 0.6 is 12.2 Å². The number of H-pyrrole nitrogens is 1. The fraction of sp³-hybridized carbons (Fsp3) is 0.632. The van der Waals surface area contributed by atoms with Gasteiger partial charge in [0.05, 0.1) is 6.21 Å². The van der Waals surface area contributed by atoms with Crippen LogP contribution in [0.3, 0.4) is 0 Å². The Morgan fingerprint density at radius 1 is 1.36 bits per heavy atom. The first kappa shape index (κ1) is 16.8. The number of hydrogen-bond acceptors (Lipinski definition) is 4. The molecular formula is C19H26N4OS. The highest BCUT2D eigenvalue weighted by Gasteiger charge is 2.36. The lowest BCUT2D eigenvalue weighted by Gasteiger charge is -2.20. The van der Waals surface area contributed by atoms with Crippen molar-refractivity contribution in [1.82, 2.24) is 14.9 Å². The van der Waals surface area contributed by atoms with Gasteiger partial charge in [-0.3, -0.25) is 5.10 Å². The van der Waals surface area contributed by atoms with Crippen molar-refractivity contribution < 1.29 is 4.42 Å². The number of nitrogens with one attached hydrogen (secondary N) is 1. The molecule has 0 amide bonds. The quantitative estimate of drug-likeness (QED) is 0.580. The summed E-state index contributed by atoms with van der Waals surface area (Å²) in [5.41, 5.74) is 0. The molecule has 0 bridgehead atoms. The van der Waals surface area contributed by atoms with Gasteiger partial charge >= 0.3 is 0 Å². The van der Waals surface area contributed by atoms with Crippen LogP contribution < -0.4 is 0 Å². The van der Waals surface area contributed by atoms with Crippen LogP contribution in [0.15, 0.2) is 21.7 Å². The SMILES string of the molecule is C[C@H]1C[C@H]1c1ccc(/C=N\n2c(CCC3CCCCC3)n[nH]c2=S)o1. The Bertz CT molecular complexity index is 796. The second-order valence-corrected chi connectivity index (χ2v) is 7.99. The highest BCUT2D eigenvalue weighted by molar-refractivity contribution is 7.71. The second kappa shape index (κ2) is 7.28. The Hall–Kier alpha value is -1.69. The van der Waals surface area contributed by atoms with E-state index < -0.39 is 0 Å². The normalized spacial score (nSPS) is 24.2. The van der Waals surface area contributed by atoms with E-state index in [1.54, 1.807) is 10.9 Å². The molecule has 2 saturated carbocycles. The minimum Gasteiger partial charge on any atom is -0.460 e. The summed E-state index contributed by atoms with van der Waals surface area (Å²) in [6.07, 6.45) is 11.9. The summed E-state index contributed by atoms with van der Waals surface area (Å²) in [7, 11) is 0. The molecule has 2 aliphatic carbocycles. The van der Waals surface area contributed by atoms with Crippen LogP contribution in [0.1, 0.15) is 75.1 Å². The molecule has 6 heteroatoms. The Morgan fingerprint density at radius 3 is 2.92 bits per heavy atom. The van der Waals surface area contributed by atoms with Crippen LogP contribution in [0.2, 0.25) is 0 Å². The zero-order valence-electron chi connectivity index (χ0n) is 14.8. The fourth-order valence-electron chi connectivity index (χ4n) is 3.88. The molecule has 2 aliphatic rings. The van der Waals surface area contributed by atoms with Crippen LogP contribution in [-0.2, 0) is 6.42 Å². The van der Waals surface area contributed by atoms with Gasteiger partial charge in [0.1, 0.15) is 11.5 Å². The molecule has 25 heavy (non-hydrogen) atoms. The van der Waals surface area contributed by atoms with E-state index in [2.05, 4.69) is 28.3 Å². The summed E-state index contributed by atoms with van der Waals surface area (Å²) in [5.74, 6) is 4.91. The number of nitrogens with zero attached hydrogens (tertiary/aromatic N) is 3. The van der Waals surface area contributed by atoms with Crippen LogP contribution in [0.5, 0.6) is 0 Å². The third-order valence-corrected chi connectivity index (χ3v) is 5.91. The van der Waals surface area contributed by atoms with Gasteiger partial charge in [0.2, 0.25) is 4.77 Å². The zero-order chi connectivity index (χ0) is 17.2. The van der Waals surface area contributed by atoms with Crippen LogP contribution in [0.25, 0.3) is 0 Å². The summed E-state index contributed by atoms with van der Waals surface area (Å²) in [4.78, 5) is 0. The number of furan rings is 1. The van der Waals surface area contributed by atoms with Crippen LogP contribution in [-0.4, -0.2) is 21.1 Å². The molecule has 2 atom stereocenters. The molecular weight excluding hydrogens is 332 g/mol. The Kier molecular flexibility index (Phi) is 4.88. The average Bonchev–Trinajstić information content (AvgIpc) is 3.04. The monoisotopic (exact) mass is 358 g/mol. The standard InChI is InChI=1S/C19H26N4OS/c1-13-11-16(13)17-9-8-15(24-17)12-20-23-18(21-22-19(23)25)10-7-14-5-3-2-4-6-14/h8-9,12-14,16H,2-7,10-11H2,1H3,(H,22,25)/b20-12-/t13-,16+/m0/s1. The fourth-order valence-corrected chi connectivity index (χ4v) is 4.08. The second-order valence-electron chi connectivity index (χ2n) is 7.60. The van der Waals surface area contributed by atoms with Crippen molar-refractivity contribution in [3.8, 4) is 0 Å². The summed E-state index contributed by atoms with van der Waals surface area (Å²) >= 11 is 5.33. The lowest BCUT2D eigenvalue weighted by molar-refractivity contribution is 0.336. The Balaban J connectivity index is 1.42. The molecule has 0 unspecified atom stereocenters. The van der Waals surface area contributed by atoms with Gasteiger partial charge in [-0.15, -0.1) is 0 Å². The first-order valence-electron chi connectivity index (χ1n) is 9.51. The van der Waals surface area contributed by atoms with Gasteiger partial charge in [0.15, 0.2) is 5.82 Å². The third-order valence-electron chi connectivity index (χ3n) is 5.64. The van der Waals surface area contributed by atoms with E-state index in [-0.39, 0.29) is 0 Å². The van der Waals surface area contributed by atoms with Crippen LogP contribution in [0.4, 0.5) is 0 Å². The van der Waals surface area contributed by atoms with Gasteiger partial charge in [-0.2, -0.15) is 14.9 Å². The number of aromatic amines is 1. The van der Waals surface area contributed by atoms with Gasteiger partial charge in [0.25, 0.3) is 0 Å². The first-order chi connectivity index (χ1) is 12.2. The van der Waals surface area contributed by atoms with E-state index in [4.69, 9.17) is 16.6 Å². The molecule has 134 valence electrons. The summed E-state index contributed by atoms with van der Waals surface area (Å²) in [6.45, 7) is 2.25. The number of aryl methyl sites for hydroxylation is 1. The summed E-state index contributed by atoms with van der Waals surface area (Å²) in [6, 6.07) is 4.05. The average molecular weight is 359 g/mol. The minimum absolute atomic E-state index is 0.539. The largest absolute Gasteiger partial charge is 0.460 e. The lowest BCUT2D eigenvalue weighted by Crippen LogP contribution is -2.09. The van der Waals surface area contributed by atoms with Gasteiger partial charge in [-0.05, 0) is 49.0 Å². The van der Waals surface area contributed by atoms with E-state index in [9.17, 15) is 0 Å². The Morgan fingerprint density at radius 2 is 2.16 bits per heavy atom. The topological polar surface area (TPSA) is 59.1 Å². The van der Waals surface area contributed by atoms with E-state index in [1.165, 1.54) is 44.9 Å². The number of rotatable bonds is 6. The van der Waals surface area contributed by atoms with Gasteiger partial charge in [-0.25, -0.2) is 0 Å². The van der Waals surface area contributed by atoms with Crippen LogP contribution in [0, 0.1) is 16.6 Å². The highest BCUT2D eigenvalue weighted by atomic mass is 32.1. The third kappa shape index (κ3) is 3.94. The molecule has 4 rings (SSSR count). The zero-order valence-corrected chi connectivity index (χ0v) is 15.6. The molecule has 0 aliphatic heterocycles. The predicted octanol–water partition coefficient (Wildman–Crippen LogP) is 5.05. The molecule has 0 spiro atoms.